The van der Waals surface area contributed by atoms with Crippen LogP contribution in [0.5, 0.6) is 0 Å². The van der Waals surface area contributed by atoms with Crippen LogP contribution in [0.15, 0.2) is 30.6 Å². The van der Waals surface area contributed by atoms with E-state index in [9.17, 15) is 117 Å². The van der Waals surface area contributed by atoms with E-state index < -0.39 is 292 Å². The Labute approximate surface area is 525 Å². The summed E-state index contributed by atoms with van der Waals surface area (Å²) in [6, 6.07) is 4.86. The summed E-state index contributed by atoms with van der Waals surface area (Å²) < 4.78 is 94.4. The number of aliphatic hydroxyl groups excluding tert-OH is 23. The number of aromatic nitrogens is 1. The monoisotopic (exact) mass is 1360 g/mol. The first-order chi connectivity index (χ1) is 44.4. The van der Waals surface area contributed by atoms with Crippen molar-refractivity contribution < 1.29 is 198 Å². The molecule has 0 aromatic carbocycles. The van der Waals surface area contributed by atoms with E-state index in [0.29, 0.717) is 0 Å². The molecule has 23 N–H and O–H groups in total. The first-order valence-corrected chi connectivity index (χ1v) is 30.0. The van der Waals surface area contributed by atoms with Gasteiger partial charge in [0.25, 0.3) is 0 Å². The maximum absolute atomic E-state index is 11.8. The Kier molecular flexibility index (Phi) is 24.8. The number of hydrogen-bond donors (Lipinski definition) is 23. The van der Waals surface area contributed by atoms with Gasteiger partial charge in [-0.25, -0.2) is 4.57 Å². The zero-order chi connectivity index (χ0) is 67.2. The second kappa shape index (κ2) is 31.4. The Morgan fingerprint density at radius 2 is 0.344 bits per heavy atom. The lowest BCUT2D eigenvalue weighted by molar-refractivity contribution is -0.707. The number of rotatable bonds is 9. The molecule has 0 unspecified atom stereocenters. The van der Waals surface area contributed by atoms with Gasteiger partial charge in [0.2, 0.25) is 0 Å². The van der Waals surface area contributed by atoms with E-state index in [1.807, 2.05) is 0 Å². The van der Waals surface area contributed by atoms with Crippen molar-refractivity contribution in [2.45, 2.75) is 252 Å². The minimum absolute atomic E-state index is 0.274. The largest absolute Gasteiger partial charge is 0.394 e. The predicted molar refractivity (Wildman–Crippen MR) is 281 cm³/mol. The molecule has 1 aromatic rings. The Balaban J connectivity index is 0.927. The number of aliphatic hydroxyl groups is 23. The fourth-order valence-corrected chi connectivity index (χ4v) is 12.7. The fourth-order valence-electron chi connectivity index (χ4n) is 12.7. The van der Waals surface area contributed by atoms with Crippen LogP contribution in [-0.2, 0) is 82.3 Å². The lowest BCUT2D eigenvalue weighted by atomic mass is 9.94. The molecule has 40 atom stereocenters. The number of hydrogen-bond acceptors (Lipinski definition) is 39. The van der Waals surface area contributed by atoms with Crippen LogP contribution in [0.1, 0.15) is 0 Å². The third kappa shape index (κ3) is 14.8. The molecule has 1 aromatic heterocycles. The molecule has 30 aliphatic heterocycles. The average Bonchev–Trinajstić information content (AvgIpc) is 0.788. The third-order valence-electron chi connectivity index (χ3n) is 17.9. The Bertz CT molecular complexity index is 2440. The number of ether oxygens (including phenoxy) is 16. The van der Waals surface area contributed by atoms with E-state index in [2.05, 4.69) is 0 Å². The molecule has 30 fully saturated rings. The molecule has 0 amide bonds. The van der Waals surface area contributed by atoms with Crippen LogP contribution in [0.25, 0.3) is 0 Å². The van der Waals surface area contributed by atoms with Crippen LogP contribution in [0.2, 0.25) is 0 Å². The van der Waals surface area contributed by atoms with Crippen LogP contribution in [0, 0.1) is 0 Å². The minimum atomic E-state index is -2.25. The van der Waals surface area contributed by atoms with Crippen molar-refractivity contribution in [2.24, 2.45) is 0 Å². The molecule has 30 saturated heterocycles. The lowest BCUT2D eigenvalue weighted by Gasteiger charge is -2.50. The van der Waals surface area contributed by atoms with Gasteiger partial charge in [-0.05, 0) is 0 Å². The summed E-state index contributed by atoms with van der Waals surface area (Å²) in [6.07, 6.45) is -77.8. The molecule has 16 bridgehead atoms. The number of nitrogens with zero attached hydrogens (tertiary/aromatic N) is 1. The van der Waals surface area contributed by atoms with Crippen LogP contribution >= 0.6 is 0 Å². The highest BCUT2D eigenvalue weighted by Gasteiger charge is 2.60. The third-order valence-corrected chi connectivity index (χ3v) is 17.9. The SMILES string of the molecule is OC[C@@H]1O[C@@H]2O[C@H]3[C@H](O)[C@@H](O)[C@@H](O[C@H]4[C@H](O)[C@@H](O)[C@@H](O[C@H]5[C@H](O)[C@@H](O)[C@@H](O[C@H]6[C@H](O)[C@H](O)[C@@H](O[C@H]7[C@@H](O)[C@@H](O)[C@@H](O[C@H]8[C@H](O)[C@@H](O)[C@@H](O[C@H]9[C@H](O)[C@H](O)[C@@H](O[C@H]1[C@H](O)[C@H]2O)O[C@@H]9CO)O[C@@H]8CO)O[C@@H]7CO)O[C@@H]6CO)O[C@H]5C[n+]1ccccc1)O[C@H]4CO)O[C@H]3CO. The van der Waals surface area contributed by atoms with Crippen LogP contribution in [-0.4, -0.2) is 409 Å². The van der Waals surface area contributed by atoms with E-state index in [-0.39, 0.29) is 6.54 Å². The van der Waals surface area contributed by atoms with Gasteiger partial charge in [-0.2, -0.15) is 0 Å². The molecule has 0 saturated carbocycles. The van der Waals surface area contributed by atoms with Crippen molar-refractivity contribution in [1.29, 1.82) is 0 Å². The quantitative estimate of drug-likeness (QED) is 0.102. The van der Waals surface area contributed by atoms with Crippen molar-refractivity contribution in [3.8, 4) is 0 Å². The summed E-state index contributed by atoms with van der Waals surface area (Å²) in [6.45, 7) is -7.74. The van der Waals surface area contributed by atoms with Gasteiger partial charge in [-0.15, -0.1) is 0 Å². The molecule has 534 valence electrons. The first-order valence-electron chi connectivity index (χ1n) is 30.0. The van der Waals surface area contributed by atoms with Crippen molar-refractivity contribution in [1.82, 2.24) is 0 Å². The highest BCUT2D eigenvalue weighted by Crippen LogP contribution is 2.40. The fraction of sp³-hybridized carbons (Fsp3) is 0.906. The van der Waals surface area contributed by atoms with E-state index in [1.165, 1.54) is 4.57 Å². The standard InChI is InChI=1S/C53H84NO39/c55-7-15-39-24(64)32(72)48(80-15)89-41-17(9-57)82-50(34(74)26(41)66)91-43-19(11-59)84-52(36(76)28(43)68)93-45-21(13-61)85-53(37(77)29(45)69)92-44-20(12-60)83-51(35(75)27(44)67)90-42-18(10-58)81-49(33(73)25(42)65)88-40-16(8-56)79-47(31(71)23(40)63)86-38-14(6-54-4-2-1-3-5-54)78-46(87-39)30(70)22(38)62/h1-5,14-53,55-77H,6-13H2/q+1/t14-,15+,16-,17+,18-,19+,20-,21+,22+,23+,24+,25+,26-,27+,28+,29+,30+,31+,32-,33+,34+,35+,36+,37-,38+,39+,40+,41+,42+,43+,44+,45+,46+,47+,48+,49+,50+,51+,52+,53+/m0/s1. The van der Waals surface area contributed by atoms with Crippen LogP contribution < -0.4 is 4.57 Å². The molecule has 30 aliphatic rings. The predicted octanol–water partition coefficient (Wildman–Crippen LogP) is -16.4. The van der Waals surface area contributed by atoms with Crippen molar-refractivity contribution in [3.63, 3.8) is 0 Å². The molecular formula is C53H84NO39+. The molecule has 0 spiro atoms. The summed E-state index contributed by atoms with van der Waals surface area (Å²) in [7, 11) is 0. The summed E-state index contributed by atoms with van der Waals surface area (Å²) in [5, 5.41) is 258. The topological polar surface area (TPSA) is 617 Å². The molecule has 31 heterocycles. The highest BCUT2D eigenvalue weighted by molar-refractivity contribution is 5.02. The van der Waals surface area contributed by atoms with E-state index >= 15 is 0 Å². The maximum Gasteiger partial charge on any atom is 0.187 e. The van der Waals surface area contributed by atoms with Gasteiger partial charge in [0, 0.05) is 12.1 Å². The smallest absolute Gasteiger partial charge is 0.187 e. The van der Waals surface area contributed by atoms with Crippen molar-refractivity contribution in [3.05, 3.63) is 30.6 Å². The summed E-state index contributed by atoms with van der Waals surface area (Å²) in [4.78, 5) is 0. The number of pyridine rings is 1. The molecule has 0 aliphatic carbocycles. The van der Waals surface area contributed by atoms with Gasteiger partial charge in [-0.3, -0.25) is 0 Å². The minimum Gasteiger partial charge on any atom is -0.394 e. The summed E-state index contributed by atoms with van der Waals surface area (Å²) in [5.41, 5.74) is 0. The Morgan fingerprint density at radius 3 is 0.505 bits per heavy atom. The van der Waals surface area contributed by atoms with E-state index in [4.69, 9.17) is 75.8 Å². The van der Waals surface area contributed by atoms with Gasteiger partial charge in [0.1, 0.15) is 195 Å². The lowest BCUT2D eigenvalue weighted by Crippen LogP contribution is -2.69. The molecule has 93 heavy (non-hydrogen) atoms. The summed E-state index contributed by atoms with van der Waals surface area (Å²) >= 11 is 0. The van der Waals surface area contributed by atoms with Gasteiger partial charge in [0.05, 0.1) is 46.2 Å². The van der Waals surface area contributed by atoms with E-state index in [1.54, 1.807) is 30.6 Å². The second-order valence-corrected chi connectivity index (χ2v) is 23.8. The Hall–Kier alpha value is -2.41. The van der Waals surface area contributed by atoms with E-state index in [0.717, 1.165) is 0 Å². The maximum atomic E-state index is 11.8. The normalized spacial score (nSPS) is 53.0. The average molecular weight is 1360 g/mol. The summed E-state index contributed by atoms with van der Waals surface area (Å²) in [5.74, 6) is 0. The molecule has 31 rings (SSSR count). The van der Waals surface area contributed by atoms with Crippen molar-refractivity contribution in [2.75, 3.05) is 46.2 Å². The van der Waals surface area contributed by atoms with Gasteiger partial charge >= 0.3 is 0 Å². The van der Waals surface area contributed by atoms with Crippen LogP contribution in [0.4, 0.5) is 0 Å². The van der Waals surface area contributed by atoms with Crippen LogP contribution in [0.3, 0.4) is 0 Å². The second-order valence-electron chi connectivity index (χ2n) is 23.8. The Morgan fingerprint density at radius 1 is 0.194 bits per heavy atom. The highest BCUT2D eigenvalue weighted by atomic mass is 16.8. The van der Waals surface area contributed by atoms with Crippen molar-refractivity contribution >= 4 is 0 Å². The molecule has 40 nitrogen and oxygen atoms in total. The first kappa shape index (κ1) is 73.3. The van der Waals surface area contributed by atoms with Gasteiger partial charge < -0.3 is 193 Å². The zero-order valence-electron chi connectivity index (χ0n) is 48.9. The van der Waals surface area contributed by atoms with Gasteiger partial charge in [0.15, 0.2) is 69.3 Å². The van der Waals surface area contributed by atoms with Gasteiger partial charge in [-0.1, -0.05) is 6.07 Å². The molecule has 40 heteroatoms. The molecular weight excluding hydrogens is 1270 g/mol. The molecule has 0 radical (unpaired) electrons. The zero-order valence-corrected chi connectivity index (χ0v) is 48.9.